The van der Waals surface area contributed by atoms with Gasteiger partial charge in [0.25, 0.3) is 0 Å². The highest BCUT2D eigenvalue weighted by Crippen LogP contribution is 2.11. The molecule has 3 N–H and O–H groups in total. The number of rotatable bonds is 2. The highest BCUT2D eigenvalue weighted by atomic mass is 16.5. The molecule has 2 heterocycles. The topological polar surface area (TPSA) is 73.1 Å². The van der Waals surface area contributed by atoms with Crippen molar-refractivity contribution in [2.75, 3.05) is 18.8 Å². The number of nitrogens with one attached hydrogen (secondary N) is 1. The van der Waals surface area contributed by atoms with Crippen LogP contribution >= 0.6 is 0 Å². The van der Waals surface area contributed by atoms with Gasteiger partial charge in [0, 0.05) is 12.7 Å². The van der Waals surface area contributed by atoms with Gasteiger partial charge in [-0.1, -0.05) is 0 Å². The third-order valence-corrected chi connectivity index (χ3v) is 2.18. The molecule has 0 saturated carbocycles. The van der Waals surface area contributed by atoms with Gasteiger partial charge in [0.05, 0.1) is 0 Å². The molecule has 1 atom stereocenters. The van der Waals surface area contributed by atoms with Gasteiger partial charge in [-0.25, -0.2) is 4.98 Å². The molecule has 76 valence electrons. The number of piperidine rings is 1. The van der Waals surface area contributed by atoms with Crippen LogP contribution in [-0.4, -0.2) is 29.2 Å². The predicted octanol–water partition coefficient (Wildman–Crippen LogP) is 0.190. The number of hydrogen-bond donors (Lipinski definition) is 2. The summed E-state index contributed by atoms with van der Waals surface area (Å²) in [6, 6.07) is 2.02. The van der Waals surface area contributed by atoms with Crippen LogP contribution < -0.4 is 15.8 Å². The van der Waals surface area contributed by atoms with Crippen molar-refractivity contribution in [3.8, 4) is 6.01 Å². The van der Waals surface area contributed by atoms with E-state index in [-0.39, 0.29) is 6.10 Å². The summed E-state index contributed by atoms with van der Waals surface area (Å²) < 4.78 is 5.57. The second-order valence-electron chi connectivity index (χ2n) is 3.35. The molecule has 1 aliphatic heterocycles. The fraction of sp³-hybridized carbons (Fsp3) is 0.556. The molecule has 1 aliphatic rings. The lowest BCUT2D eigenvalue weighted by Gasteiger charge is -2.22. The van der Waals surface area contributed by atoms with Gasteiger partial charge in [0.15, 0.2) is 0 Å². The Labute approximate surface area is 82.7 Å². The van der Waals surface area contributed by atoms with Gasteiger partial charge < -0.3 is 15.8 Å². The lowest BCUT2D eigenvalue weighted by atomic mass is 10.1. The molecule has 2 rings (SSSR count). The normalized spacial score (nSPS) is 21.9. The van der Waals surface area contributed by atoms with Gasteiger partial charge >= 0.3 is 6.01 Å². The van der Waals surface area contributed by atoms with E-state index in [0.717, 1.165) is 25.9 Å². The number of hydrogen-bond acceptors (Lipinski definition) is 5. The zero-order valence-corrected chi connectivity index (χ0v) is 7.94. The van der Waals surface area contributed by atoms with Crippen LogP contribution in [0.2, 0.25) is 0 Å². The van der Waals surface area contributed by atoms with E-state index >= 15 is 0 Å². The van der Waals surface area contributed by atoms with Gasteiger partial charge in [0.1, 0.15) is 11.9 Å². The van der Waals surface area contributed by atoms with Gasteiger partial charge in [-0.2, -0.15) is 4.98 Å². The average Bonchev–Trinajstić information content (AvgIpc) is 2.19. The molecular weight excluding hydrogens is 180 g/mol. The molecule has 1 fully saturated rings. The van der Waals surface area contributed by atoms with Crippen LogP contribution in [0.5, 0.6) is 6.01 Å². The molecule has 0 aromatic carbocycles. The third kappa shape index (κ3) is 2.32. The van der Waals surface area contributed by atoms with Crippen LogP contribution in [0.15, 0.2) is 12.3 Å². The van der Waals surface area contributed by atoms with Crippen LogP contribution in [-0.2, 0) is 0 Å². The molecule has 1 saturated heterocycles. The van der Waals surface area contributed by atoms with Gasteiger partial charge in [-0.05, 0) is 25.5 Å². The predicted molar refractivity (Wildman–Crippen MR) is 53.0 cm³/mol. The summed E-state index contributed by atoms with van der Waals surface area (Å²) in [5, 5.41) is 3.26. The van der Waals surface area contributed by atoms with Gasteiger partial charge in [-0.3, -0.25) is 0 Å². The molecule has 0 bridgehead atoms. The van der Waals surface area contributed by atoms with Gasteiger partial charge in [-0.15, -0.1) is 0 Å². The Morgan fingerprint density at radius 2 is 2.50 bits per heavy atom. The number of nitrogens with two attached hydrogens (primary N) is 1. The van der Waals surface area contributed by atoms with Crippen LogP contribution in [0.1, 0.15) is 12.8 Å². The summed E-state index contributed by atoms with van der Waals surface area (Å²) in [7, 11) is 0. The van der Waals surface area contributed by atoms with Crippen molar-refractivity contribution < 1.29 is 4.74 Å². The van der Waals surface area contributed by atoms with Crippen LogP contribution in [0.25, 0.3) is 0 Å². The van der Waals surface area contributed by atoms with Crippen molar-refractivity contribution in [3.63, 3.8) is 0 Å². The Hall–Kier alpha value is -1.36. The van der Waals surface area contributed by atoms with Crippen LogP contribution in [0, 0.1) is 0 Å². The van der Waals surface area contributed by atoms with E-state index in [1.165, 1.54) is 0 Å². The molecular formula is C9H14N4O. The van der Waals surface area contributed by atoms with Crippen LogP contribution in [0.4, 0.5) is 5.82 Å². The van der Waals surface area contributed by atoms with Crippen molar-refractivity contribution in [3.05, 3.63) is 12.3 Å². The number of nitrogens with zero attached hydrogens (tertiary/aromatic N) is 2. The Morgan fingerprint density at radius 1 is 1.57 bits per heavy atom. The van der Waals surface area contributed by atoms with Gasteiger partial charge in [0.2, 0.25) is 0 Å². The fourth-order valence-corrected chi connectivity index (χ4v) is 1.48. The quantitative estimate of drug-likeness (QED) is 0.703. The maximum atomic E-state index is 5.57. The Kier molecular flexibility index (Phi) is 2.78. The molecule has 0 amide bonds. The highest BCUT2D eigenvalue weighted by molar-refractivity contribution is 5.26. The number of anilines is 1. The molecule has 1 unspecified atom stereocenters. The standard InChI is InChI=1S/C9H14N4O/c10-8-3-5-12-9(13-8)14-7-2-1-4-11-6-7/h3,5,7,11H,1-2,4,6H2,(H2,10,12,13). The summed E-state index contributed by atoms with van der Waals surface area (Å²) in [6.45, 7) is 1.93. The molecule has 0 spiro atoms. The first-order valence-corrected chi connectivity index (χ1v) is 4.80. The first-order valence-electron chi connectivity index (χ1n) is 4.80. The van der Waals surface area contributed by atoms with E-state index in [9.17, 15) is 0 Å². The summed E-state index contributed by atoms with van der Waals surface area (Å²) >= 11 is 0. The molecule has 0 radical (unpaired) electrons. The van der Waals surface area contributed by atoms with Crippen molar-refractivity contribution in [1.29, 1.82) is 0 Å². The molecule has 0 aliphatic carbocycles. The van der Waals surface area contributed by atoms with Crippen molar-refractivity contribution in [1.82, 2.24) is 15.3 Å². The average molecular weight is 194 g/mol. The lowest BCUT2D eigenvalue weighted by molar-refractivity contribution is 0.153. The zero-order chi connectivity index (χ0) is 9.80. The highest BCUT2D eigenvalue weighted by Gasteiger charge is 2.15. The minimum atomic E-state index is 0.172. The van der Waals surface area contributed by atoms with E-state index < -0.39 is 0 Å². The summed E-state index contributed by atoms with van der Waals surface area (Å²) in [4.78, 5) is 7.98. The largest absolute Gasteiger partial charge is 0.459 e. The van der Waals surface area contributed by atoms with E-state index in [4.69, 9.17) is 10.5 Å². The summed E-state index contributed by atoms with van der Waals surface area (Å²) in [5.74, 6) is 0.443. The monoisotopic (exact) mass is 194 g/mol. The summed E-state index contributed by atoms with van der Waals surface area (Å²) in [5.41, 5.74) is 5.52. The molecule has 1 aromatic rings. The maximum Gasteiger partial charge on any atom is 0.318 e. The Morgan fingerprint density at radius 3 is 3.21 bits per heavy atom. The number of ether oxygens (including phenoxy) is 1. The second-order valence-corrected chi connectivity index (χ2v) is 3.35. The molecule has 14 heavy (non-hydrogen) atoms. The number of aromatic nitrogens is 2. The molecule has 1 aromatic heterocycles. The van der Waals surface area contributed by atoms with E-state index in [0.29, 0.717) is 11.8 Å². The SMILES string of the molecule is Nc1ccnc(OC2CCCNC2)n1. The Bertz CT molecular complexity index is 299. The van der Waals surface area contributed by atoms with E-state index in [2.05, 4.69) is 15.3 Å². The minimum Gasteiger partial charge on any atom is -0.459 e. The van der Waals surface area contributed by atoms with Crippen LogP contribution in [0.3, 0.4) is 0 Å². The minimum absolute atomic E-state index is 0.172. The lowest BCUT2D eigenvalue weighted by Crippen LogP contribution is -2.37. The van der Waals surface area contributed by atoms with Crippen molar-refractivity contribution in [2.45, 2.75) is 18.9 Å². The maximum absolute atomic E-state index is 5.57. The fourth-order valence-electron chi connectivity index (χ4n) is 1.48. The van der Waals surface area contributed by atoms with E-state index in [1.54, 1.807) is 12.3 Å². The van der Waals surface area contributed by atoms with E-state index in [1.807, 2.05) is 0 Å². The zero-order valence-electron chi connectivity index (χ0n) is 7.94. The number of nitrogen functional groups attached to an aromatic ring is 1. The van der Waals surface area contributed by atoms with Crippen molar-refractivity contribution in [2.24, 2.45) is 0 Å². The smallest absolute Gasteiger partial charge is 0.318 e. The summed E-state index contributed by atoms with van der Waals surface area (Å²) in [6.07, 6.45) is 3.96. The molecule has 5 heteroatoms. The van der Waals surface area contributed by atoms with Crippen molar-refractivity contribution >= 4 is 5.82 Å². The molecule has 5 nitrogen and oxygen atoms in total. The first-order chi connectivity index (χ1) is 6.84. The first kappa shape index (κ1) is 9.21. The third-order valence-electron chi connectivity index (χ3n) is 2.18. The Balaban J connectivity index is 1.95. The second kappa shape index (κ2) is 4.23.